The van der Waals surface area contributed by atoms with Gasteiger partial charge in [-0.2, -0.15) is 0 Å². The number of nitrogens with one attached hydrogen (secondary N) is 4. The lowest BCUT2D eigenvalue weighted by molar-refractivity contribution is -0.383. The Labute approximate surface area is 154 Å². The van der Waals surface area contributed by atoms with Crippen molar-refractivity contribution in [2.24, 2.45) is 0 Å². The van der Waals surface area contributed by atoms with E-state index in [9.17, 15) is 10.1 Å². The number of thiocarbonyl (C=S) groups is 2. The molecular weight excluding hydrogens is 362 g/mol. The summed E-state index contributed by atoms with van der Waals surface area (Å²) in [6, 6.07) is 13.4. The van der Waals surface area contributed by atoms with E-state index in [0.29, 0.717) is 5.75 Å². The molecule has 0 unspecified atom stereocenters. The normalized spacial score (nSPS) is 9.64. The number of hydrogen-bond donors (Lipinski definition) is 4. The predicted octanol–water partition coefficient (Wildman–Crippen LogP) is 2.79. The zero-order valence-corrected chi connectivity index (χ0v) is 14.7. The Morgan fingerprint density at radius 1 is 1.04 bits per heavy atom. The van der Waals surface area contributed by atoms with Gasteiger partial charge in [-0.25, -0.2) is 0 Å². The maximum atomic E-state index is 11.0. The number of methoxy groups -OCH3 is 1. The summed E-state index contributed by atoms with van der Waals surface area (Å²) in [5.41, 5.74) is 6.28. The molecule has 0 atom stereocenters. The van der Waals surface area contributed by atoms with Crippen molar-refractivity contribution < 1.29 is 9.66 Å². The molecule has 2 rings (SSSR count). The van der Waals surface area contributed by atoms with E-state index in [1.807, 2.05) is 18.2 Å². The molecule has 0 saturated carbocycles. The van der Waals surface area contributed by atoms with Gasteiger partial charge in [0.1, 0.15) is 11.4 Å². The number of ether oxygens (including phenoxy) is 1. The summed E-state index contributed by atoms with van der Waals surface area (Å²) in [7, 11) is 1.57. The molecule has 0 aliphatic heterocycles. The van der Waals surface area contributed by atoms with Crippen molar-refractivity contribution >= 4 is 51.7 Å². The molecule has 0 saturated heterocycles. The summed E-state index contributed by atoms with van der Waals surface area (Å²) in [6.07, 6.45) is 0. The highest BCUT2D eigenvalue weighted by atomic mass is 32.1. The molecule has 25 heavy (non-hydrogen) atoms. The number of benzene rings is 2. The van der Waals surface area contributed by atoms with E-state index in [1.54, 1.807) is 31.4 Å². The fraction of sp³-hybridized carbons (Fsp3) is 0.0667. The molecule has 0 aromatic heterocycles. The predicted molar refractivity (Wildman–Crippen MR) is 105 cm³/mol. The van der Waals surface area contributed by atoms with Crippen molar-refractivity contribution in [3.8, 4) is 5.75 Å². The average Bonchev–Trinajstić information content (AvgIpc) is 2.60. The van der Waals surface area contributed by atoms with E-state index in [1.165, 1.54) is 6.07 Å². The summed E-state index contributed by atoms with van der Waals surface area (Å²) in [4.78, 5) is 10.5. The first-order chi connectivity index (χ1) is 12.0. The van der Waals surface area contributed by atoms with Crippen LogP contribution in [0.3, 0.4) is 0 Å². The number of hydrogen-bond acceptors (Lipinski definition) is 5. The van der Waals surface area contributed by atoms with Crippen LogP contribution in [0.1, 0.15) is 0 Å². The number of nitro groups is 1. The molecule has 0 heterocycles. The monoisotopic (exact) mass is 377 g/mol. The first kappa shape index (κ1) is 18.4. The second-order valence-electron chi connectivity index (χ2n) is 4.66. The minimum atomic E-state index is -0.493. The van der Waals surface area contributed by atoms with Crippen LogP contribution in [0, 0.1) is 10.1 Å². The number of rotatable bonds is 4. The summed E-state index contributed by atoms with van der Waals surface area (Å²) >= 11 is 10.2. The molecule has 8 nitrogen and oxygen atoms in total. The molecule has 130 valence electrons. The molecule has 10 heteroatoms. The van der Waals surface area contributed by atoms with Crippen LogP contribution in [0.2, 0.25) is 0 Å². The third-order valence-electron chi connectivity index (χ3n) is 2.97. The van der Waals surface area contributed by atoms with Crippen LogP contribution in [0.5, 0.6) is 5.75 Å². The van der Waals surface area contributed by atoms with Gasteiger partial charge in [0.15, 0.2) is 10.2 Å². The van der Waals surface area contributed by atoms with E-state index in [-0.39, 0.29) is 21.6 Å². The zero-order valence-electron chi connectivity index (χ0n) is 13.1. The largest absolute Gasteiger partial charge is 0.497 e. The number of nitrogens with zero attached hydrogens (tertiary/aromatic N) is 1. The maximum absolute atomic E-state index is 11.0. The summed E-state index contributed by atoms with van der Waals surface area (Å²) in [5, 5.41) is 17.0. The van der Waals surface area contributed by atoms with Gasteiger partial charge < -0.3 is 15.4 Å². The Morgan fingerprint density at radius 2 is 1.72 bits per heavy atom. The Bertz CT molecular complexity index is 800. The summed E-state index contributed by atoms with van der Waals surface area (Å²) < 4.78 is 5.13. The second-order valence-corrected chi connectivity index (χ2v) is 5.48. The van der Waals surface area contributed by atoms with Gasteiger partial charge in [-0.05, 0) is 42.6 Å². The van der Waals surface area contributed by atoms with Crippen molar-refractivity contribution in [1.29, 1.82) is 0 Å². The fourth-order valence-electron chi connectivity index (χ4n) is 1.87. The standard InChI is InChI=1S/C15H15N5O3S2/c1-23-11-6-4-5-10(9-11)16-14(24)18-19-15(25)17-12-7-2-3-8-13(12)20(21)22/h2-9H,1H3,(H2,16,18,24)(H2,17,19,25). The summed E-state index contributed by atoms with van der Waals surface area (Å²) in [6.45, 7) is 0. The van der Waals surface area contributed by atoms with E-state index in [0.717, 1.165) is 5.69 Å². The van der Waals surface area contributed by atoms with Gasteiger partial charge in [0.2, 0.25) is 0 Å². The minimum absolute atomic E-state index is 0.0799. The highest BCUT2D eigenvalue weighted by Gasteiger charge is 2.13. The zero-order chi connectivity index (χ0) is 18.2. The van der Waals surface area contributed by atoms with Gasteiger partial charge >= 0.3 is 0 Å². The maximum Gasteiger partial charge on any atom is 0.292 e. The summed E-state index contributed by atoms with van der Waals surface area (Å²) in [5.74, 6) is 0.689. The molecule has 0 spiro atoms. The van der Waals surface area contributed by atoms with Gasteiger partial charge in [0, 0.05) is 17.8 Å². The minimum Gasteiger partial charge on any atom is -0.497 e. The highest BCUT2D eigenvalue weighted by Crippen LogP contribution is 2.22. The van der Waals surface area contributed by atoms with Crippen LogP contribution in [0.15, 0.2) is 48.5 Å². The van der Waals surface area contributed by atoms with E-state index in [4.69, 9.17) is 29.2 Å². The van der Waals surface area contributed by atoms with Crippen LogP contribution in [0.4, 0.5) is 17.1 Å². The number of hydrazine groups is 1. The first-order valence-electron chi connectivity index (χ1n) is 7.01. The first-order valence-corrected chi connectivity index (χ1v) is 7.82. The molecule has 0 bridgehead atoms. The van der Waals surface area contributed by atoms with Crippen LogP contribution < -0.4 is 26.2 Å². The van der Waals surface area contributed by atoms with E-state index < -0.39 is 4.92 Å². The third kappa shape index (κ3) is 5.55. The quantitative estimate of drug-likeness (QED) is 0.364. The van der Waals surface area contributed by atoms with Crippen LogP contribution in [-0.4, -0.2) is 22.3 Å². The molecule has 0 aliphatic carbocycles. The third-order valence-corrected chi connectivity index (χ3v) is 3.37. The Kier molecular flexibility index (Phi) is 6.43. The second kappa shape index (κ2) is 8.76. The highest BCUT2D eigenvalue weighted by molar-refractivity contribution is 7.81. The van der Waals surface area contributed by atoms with Crippen LogP contribution >= 0.6 is 24.4 Å². The van der Waals surface area contributed by atoms with E-state index >= 15 is 0 Å². The lowest BCUT2D eigenvalue weighted by Crippen LogP contribution is -2.45. The lowest BCUT2D eigenvalue weighted by atomic mass is 10.3. The van der Waals surface area contributed by atoms with Gasteiger partial charge in [-0.1, -0.05) is 18.2 Å². The molecule has 0 aliphatic rings. The van der Waals surface area contributed by atoms with Gasteiger partial charge in [-0.15, -0.1) is 0 Å². The molecule has 4 N–H and O–H groups in total. The van der Waals surface area contributed by atoms with Crippen molar-refractivity contribution in [2.75, 3.05) is 17.7 Å². The Hall–Kier alpha value is -2.98. The smallest absolute Gasteiger partial charge is 0.292 e. The van der Waals surface area contributed by atoms with Crippen LogP contribution in [-0.2, 0) is 0 Å². The van der Waals surface area contributed by atoms with Crippen molar-refractivity contribution in [2.45, 2.75) is 0 Å². The van der Waals surface area contributed by atoms with Gasteiger partial charge in [0.05, 0.1) is 12.0 Å². The molecule has 0 fully saturated rings. The molecule has 2 aromatic rings. The van der Waals surface area contributed by atoms with E-state index in [2.05, 4.69) is 21.5 Å². The number of anilines is 2. The molecule has 2 aromatic carbocycles. The van der Waals surface area contributed by atoms with Crippen molar-refractivity contribution in [1.82, 2.24) is 10.9 Å². The molecular formula is C15H15N5O3S2. The Morgan fingerprint density at radius 3 is 2.40 bits per heavy atom. The Balaban J connectivity index is 1.87. The SMILES string of the molecule is COc1cccc(NC(=S)NNC(=S)Nc2ccccc2[N+](=O)[O-])c1. The topological polar surface area (TPSA) is 100 Å². The van der Waals surface area contributed by atoms with Gasteiger partial charge in [-0.3, -0.25) is 21.0 Å². The van der Waals surface area contributed by atoms with Gasteiger partial charge in [0.25, 0.3) is 5.69 Å². The molecule has 0 radical (unpaired) electrons. The number of nitro benzene ring substituents is 1. The fourth-order valence-corrected chi connectivity index (χ4v) is 2.20. The van der Waals surface area contributed by atoms with Crippen molar-refractivity contribution in [3.05, 3.63) is 58.6 Å². The lowest BCUT2D eigenvalue weighted by Gasteiger charge is -2.14. The van der Waals surface area contributed by atoms with Crippen LogP contribution in [0.25, 0.3) is 0 Å². The number of para-hydroxylation sites is 2. The average molecular weight is 377 g/mol. The molecule has 0 amide bonds. The van der Waals surface area contributed by atoms with Crippen molar-refractivity contribution in [3.63, 3.8) is 0 Å².